The molecule has 1 N–H and O–H groups in total. The molecule has 130 valence electrons. The molecule has 0 bridgehead atoms. The first kappa shape index (κ1) is 17.2. The Kier molecular flexibility index (Phi) is 5.20. The highest BCUT2D eigenvalue weighted by atomic mass is 32.2. The second-order valence-corrected chi connectivity index (χ2v) is 6.50. The lowest BCUT2D eigenvalue weighted by molar-refractivity contribution is -0.385. The van der Waals surface area contributed by atoms with Crippen molar-refractivity contribution in [2.45, 2.75) is 24.2 Å². The molecule has 0 aliphatic carbocycles. The van der Waals surface area contributed by atoms with Gasteiger partial charge in [-0.2, -0.15) is 0 Å². The maximum Gasteiger partial charge on any atom is 0.270 e. The third-order valence-corrected chi connectivity index (χ3v) is 4.61. The fraction of sp³-hybridized carbons (Fsp3) is 0.235. The van der Waals surface area contributed by atoms with E-state index in [9.17, 15) is 14.9 Å². The van der Waals surface area contributed by atoms with E-state index in [2.05, 4.69) is 5.32 Å². The maximum absolute atomic E-state index is 11.1. The molecule has 2 aromatic carbocycles. The number of nitrogens with zero attached hydrogens (tertiary/aromatic N) is 1. The van der Waals surface area contributed by atoms with Crippen molar-refractivity contribution in [3.63, 3.8) is 0 Å². The minimum absolute atomic E-state index is 0.0319. The number of non-ortho nitro benzene ring substituents is 1. The van der Waals surface area contributed by atoms with Crippen molar-refractivity contribution in [1.29, 1.82) is 0 Å². The number of nitro groups is 1. The molecule has 1 aliphatic heterocycles. The van der Waals surface area contributed by atoms with Gasteiger partial charge in [-0.3, -0.25) is 14.9 Å². The lowest BCUT2D eigenvalue weighted by Crippen LogP contribution is -2.13. The standard InChI is InChI=1S/C17H16N2O5S/c1-11(20)18-14-2-4-16(5-3-14)25-9-13-7-15(19(21)22)6-12-8-23-10-24-17(12)13/h2-7H,8-10H2,1H3,(H,18,20). The van der Waals surface area contributed by atoms with Crippen LogP contribution in [0.5, 0.6) is 5.75 Å². The highest BCUT2D eigenvalue weighted by Gasteiger charge is 2.20. The van der Waals surface area contributed by atoms with E-state index in [0.717, 1.165) is 16.1 Å². The van der Waals surface area contributed by atoms with E-state index >= 15 is 0 Å². The zero-order valence-electron chi connectivity index (χ0n) is 13.5. The van der Waals surface area contributed by atoms with E-state index in [-0.39, 0.29) is 18.4 Å². The predicted octanol–water partition coefficient (Wildman–Crippen LogP) is 3.71. The molecule has 0 saturated carbocycles. The first-order valence-corrected chi connectivity index (χ1v) is 8.52. The summed E-state index contributed by atoms with van der Waals surface area (Å²) in [5.41, 5.74) is 2.22. The molecule has 0 aromatic heterocycles. The number of hydrogen-bond donors (Lipinski definition) is 1. The van der Waals surface area contributed by atoms with Gasteiger partial charge in [-0.1, -0.05) is 0 Å². The number of rotatable bonds is 5. The number of anilines is 1. The lowest BCUT2D eigenvalue weighted by atomic mass is 10.1. The first-order chi connectivity index (χ1) is 12.0. The molecule has 3 rings (SSSR count). The highest BCUT2D eigenvalue weighted by molar-refractivity contribution is 7.98. The van der Waals surface area contributed by atoms with E-state index in [1.807, 2.05) is 24.3 Å². The largest absolute Gasteiger partial charge is 0.467 e. The van der Waals surface area contributed by atoms with Gasteiger partial charge in [-0.15, -0.1) is 11.8 Å². The van der Waals surface area contributed by atoms with Crippen LogP contribution < -0.4 is 10.1 Å². The minimum atomic E-state index is -0.411. The van der Waals surface area contributed by atoms with Gasteiger partial charge >= 0.3 is 0 Å². The summed E-state index contributed by atoms with van der Waals surface area (Å²) in [7, 11) is 0. The summed E-state index contributed by atoms with van der Waals surface area (Å²) in [6.07, 6.45) is 0. The monoisotopic (exact) mass is 360 g/mol. The van der Waals surface area contributed by atoms with Crippen molar-refractivity contribution < 1.29 is 19.2 Å². The van der Waals surface area contributed by atoms with E-state index in [4.69, 9.17) is 9.47 Å². The van der Waals surface area contributed by atoms with Gasteiger partial charge < -0.3 is 14.8 Å². The van der Waals surface area contributed by atoms with Gasteiger partial charge in [-0.25, -0.2) is 0 Å². The second kappa shape index (κ2) is 7.54. The van der Waals surface area contributed by atoms with Crippen molar-refractivity contribution in [2.24, 2.45) is 0 Å². The molecule has 0 radical (unpaired) electrons. The maximum atomic E-state index is 11.1. The third kappa shape index (κ3) is 4.28. The van der Waals surface area contributed by atoms with Crippen LogP contribution in [0.25, 0.3) is 0 Å². The van der Waals surface area contributed by atoms with Gasteiger partial charge in [0.1, 0.15) is 5.75 Å². The molecule has 1 amide bonds. The average molecular weight is 360 g/mol. The van der Waals surface area contributed by atoms with Gasteiger partial charge in [0.25, 0.3) is 5.69 Å². The van der Waals surface area contributed by atoms with Crippen molar-refractivity contribution >= 4 is 29.0 Å². The van der Waals surface area contributed by atoms with Crippen molar-refractivity contribution in [2.75, 3.05) is 12.1 Å². The molecule has 0 unspecified atom stereocenters. The fourth-order valence-corrected chi connectivity index (χ4v) is 3.36. The number of nitro benzene ring substituents is 1. The van der Waals surface area contributed by atoms with Crippen LogP contribution in [0, 0.1) is 10.1 Å². The Morgan fingerprint density at radius 3 is 2.76 bits per heavy atom. The zero-order chi connectivity index (χ0) is 17.8. The number of ether oxygens (including phenoxy) is 2. The molecule has 1 heterocycles. The molecule has 0 fully saturated rings. The van der Waals surface area contributed by atoms with E-state index in [1.165, 1.54) is 24.8 Å². The predicted molar refractivity (Wildman–Crippen MR) is 93.7 cm³/mol. The molecule has 0 spiro atoms. The van der Waals surface area contributed by atoms with Gasteiger partial charge in [0.15, 0.2) is 6.79 Å². The summed E-state index contributed by atoms with van der Waals surface area (Å²) in [6.45, 7) is 1.91. The molecule has 2 aromatic rings. The topological polar surface area (TPSA) is 90.7 Å². The average Bonchev–Trinajstić information content (AvgIpc) is 2.60. The Hall–Kier alpha value is -2.58. The Morgan fingerprint density at radius 2 is 2.08 bits per heavy atom. The minimum Gasteiger partial charge on any atom is -0.467 e. The van der Waals surface area contributed by atoms with Gasteiger partial charge in [-0.05, 0) is 24.3 Å². The molecule has 8 heteroatoms. The molecule has 7 nitrogen and oxygen atoms in total. The van der Waals surface area contributed by atoms with E-state index < -0.39 is 4.92 Å². The van der Waals surface area contributed by atoms with Crippen LogP contribution in [-0.2, 0) is 21.9 Å². The molecule has 1 aliphatic rings. The van der Waals surface area contributed by atoms with Gasteiger partial charge in [0.2, 0.25) is 5.91 Å². The van der Waals surface area contributed by atoms with E-state index in [0.29, 0.717) is 23.7 Å². The molecule has 25 heavy (non-hydrogen) atoms. The van der Waals surface area contributed by atoms with Crippen LogP contribution in [0.4, 0.5) is 11.4 Å². The fourth-order valence-electron chi connectivity index (χ4n) is 2.49. The molecule has 0 atom stereocenters. The number of carbonyl (C=O) groups excluding carboxylic acids is 1. The summed E-state index contributed by atoms with van der Waals surface area (Å²) in [4.78, 5) is 22.7. The van der Waals surface area contributed by atoms with Crippen LogP contribution in [0.2, 0.25) is 0 Å². The van der Waals surface area contributed by atoms with Crippen LogP contribution in [0.1, 0.15) is 18.1 Å². The molecular formula is C17H16N2O5S. The first-order valence-electron chi connectivity index (χ1n) is 7.54. The smallest absolute Gasteiger partial charge is 0.270 e. The number of amides is 1. The molecular weight excluding hydrogens is 344 g/mol. The Balaban J connectivity index is 1.77. The van der Waals surface area contributed by atoms with Crippen LogP contribution in [-0.4, -0.2) is 17.6 Å². The summed E-state index contributed by atoms with van der Waals surface area (Å²) in [5.74, 6) is 1.07. The van der Waals surface area contributed by atoms with Crippen LogP contribution in [0.15, 0.2) is 41.3 Å². The SMILES string of the molecule is CC(=O)Nc1ccc(SCc2cc([N+](=O)[O-])cc3c2OCOC3)cc1. The van der Waals surface area contributed by atoms with E-state index in [1.54, 1.807) is 6.07 Å². The Bertz CT molecular complexity index is 807. The third-order valence-electron chi connectivity index (χ3n) is 3.55. The van der Waals surface area contributed by atoms with Crippen LogP contribution in [0.3, 0.4) is 0 Å². The summed E-state index contributed by atoms with van der Waals surface area (Å²) >= 11 is 1.54. The number of carbonyl (C=O) groups is 1. The second-order valence-electron chi connectivity index (χ2n) is 5.46. The Morgan fingerprint density at radius 1 is 1.32 bits per heavy atom. The van der Waals surface area contributed by atoms with Crippen molar-refractivity contribution in [3.8, 4) is 5.75 Å². The highest BCUT2D eigenvalue weighted by Crippen LogP contribution is 2.36. The summed E-state index contributed by atoms with van der Waals surface area (Å²) in [6, 6.07) is 10.5. The summed E-state index contributed by atoms with van der Waals surface area (Å²) in [5, 5.41) is 13.8. The summed E-state index contributed by atoms with van der Waals surface area (Å²) < 4.78 is 10.7. The van der Waals surface area contributed by atoms with Crippen molar-refractivity contribution in [1.82, 2.24) is 0 Å². The van der Waals surface area contributed by atoms with Gasteiger partial charge in [0, 0.05) is 46.5 Å². The lowest BCUT2D eigenvalue weighted by Gasteiger charge is -2.20. The number of nitrogens with one attached hydrogen (secondary N) is 1. The van der Waals surface area contributed by atoms with Crippen molar-refractivity contribution in [3.05, 3.63) is 57.6 Å². The number of benzene rings is 2. The zero-order valence-corrected chi connectivity index (χ0v) is 14.3. The Labute approximate surface area is 148 Å². The quantitative estimate of drug-likeness (QED) is 0.496. The molecule has 0 saturated heterocycles. The van der Waals surface area contributed by atoms with Gasteiger partial charge in [0.05, 0.1) is 11.5 Å². The number of fused-ring (bicyclic) bond motifs is 1. The number of hydrogen-bond acceptors (Lipinski definition) is 6. The number of thioether (sulfide) groups is 1. The normalized spacial score (nSPS) is 12.8. The van der Waals surface area contributed by atoms with Crippen LogP contribution >= 0.6 is 11.8 Å².